The zero-order valence-electron chi connectivity index (χ0n) is 13.7. The molecule has 2 heterocycles. The Hall–Kier alpha value is -1.11. The first kappa shape index (κ1) is 18.2. The maximum absolute atomic E-state index is 12.6. The summed E-state index contributed by atoms with van der Waals surface area (Å²) in [4.78, 5) is 16.9. The Morgan fingerprint density at radius 3 is 2.70 bits per heavy atom. The first-order valence-electron chi connectivity index (χ1n) is 8.31. The van der Waals surface area contributed by atoms with Gasteiger partial charge in [-0.3, -0.25) is 9.69 Å². The molecule has 1 saturated carbocycles. The van der Waals surface area contributed by atoms with E-state index in [4.69, 9.17) is 10.3 Å². The molecule has 1 aliphatic heterocycles. The number of halogens is 1. The third kappa shape index (κ3) is 4.68. The van der Waals surface area contributed by atoms with Gasteiger partial charge in [-0.05, 0) is 26.2 Å². The lowest BCUT2D eigenvalue weighted by Gasteiger charge is -2.37. The smallest absolute Gasteiger partial charge is 0.225 e. The number of amides is 1. The molecule has 0 spiro atoms. The molecule has 2 N–H and O–H groups in total. The number of aromatic nitrogens is 1. The normalized spacial score (nSPS) is 25.9. The van der Waals surface area contributed by atoms with E-state index in [0.717, 1.165) is 69.9 Å². The molecule has 23 heavy (non-hydrogen) atoms. The number of hydrogen-bond acceptors (Lipinski definition) is 5. The lowest BCUT2D eigenvalue weighted by atomic mass is 9.85. The summed E-state index contributed by atoms with van der Waals surface area (Å²) < 4.78 is 5.10. The maximum Gasteiger partial charge on any atom is 0.225 e. The molecular formula is C16H27ClN4O2. The fourth-order valence-corrected chi connectivity index (χ4v) is 3.56. The molecule has 2 atom stereocenters. The number of piperazine rings is 1. The third-order valence-electron chi connectivity index (χ3n) is 4.81. The van der Waals surface area contributed by atoms with Crippen molar-refractivity contribution in [2.45, 2.75) is 45.2 Å². The van der Waals surface area contributed by atoms with Crippen LogP contribution in [-0.4, -0.2) is 53.1 Å². The van der Waals surface area contributed by atoms with Gasteiger partial charge in [0.2, 0.25) is 5.91 Å². The molecule has 0 bridgehead atoms. The van der Waals surface area contributed by atoms with E-state index in [1.165, 1.54) is 0 Å². The van der Waals surface area contributed by atoms with Crippen molar-refractivity contribution in [3.8, 4) is 0 Å². The van der Waals surface area contributed by atoms with Gasteiger partial charge in [-0.2, -0.15) is 0 Å². The number of aryl methyl sites for hydroxylation is 1. The average Bonchev–Trinajstić information content (AvgIpc) is 2.92. The SMILES string of the molecule is Cc1cc(CN2CCN(C(=O)C3CCCC(N)C3)CC2)no1.Cl. The molecule has 130 valence electrons. The lowest BCUT2D eigenvalue weighted by Crippen LogP contribution is -2.51. The lowest BCUT2D eigenvalue weighted by molar-refractivity contribution is -0.138. The second-order valence-corrected chi connectivity index (χ2v) is 6.65. The van der Waals surface area contributed by atoms with Gasteiger partial charge in [-0.1, -0.05) is 11.6 Å². The van der Waals surface area contributed by atoms with Crippen molar-refractivity contribution in [2.24, 2.45) is 11.7 Å². The van der Waals surface area contributed by atoms with Crippen LogP contribution >= 0.6 is 12.4 Å². The van der Waals surface area contributed by atoms with Crippen LogP contribution in [0.3, 0.4) is 0 Å². The van der Waals surface area contributed by atoms with Gasteiger partial charge in [0.25, 0.3) is 0 Å². The second kappa shape index (κ2) is 8.13. The van der Waals surface area contributed by atoms with Crippen LogP contribution in [0.4, 0.5) is 0 Å². The van der Waals surface area contributed by atoms with E-state index in [-0.39, 0.29) is 24.4 Å². The highest BCUT2D eigenvalue weighted by Gasteiger charge is 2.30. The van der Waals surface area contributed by atoms with Crippen molar-refractivity contribution >= 4 is 18.3 Å². The predicted octanol–water partition coefficient (Wildman–Crippen LogP) is 1.57. The summed E-state index contributed by atoms with van der Waals surface area (Å²) in [5.74, 6) is 1.30. The monoisotopic (exact) mass is 342 g/mol. The Bertz CT molecular complexity index is 514. The summed E-state index contributed by atoms with van der Waals surface area (Å²) in [5, 5.41) is 4.03. The Labute approximate surface area is 143 Å². The van der Waals surface area contributed by atoms with Gasteiger partial charge in [0.05, 0.1) is 5.69 Å². The molecule has 2 unspecified atom stereocenters. The van der Waals surface area contributed by atoms with Crippen LogP contribution in [0.2, 0.25) is 0 Å². The second-order valence-electron chi connectivity index (χ2n) is 6.65. The highest BCUT2D eigenvalue weighted by atomic mass is 35.5. The van der Waals surface area contributed by atoms with Crippen molar-refractivity contribution in [3.63, 3.8) is 0 Å². The summed E-state index contributed by atoms with van der Waals surface area (Å²) in [6.07, 6.45) is 4.01. The molecule has 0 aromatic carbocycles. The Kier molecular flexibility index (Phi) is 6.44. The number of nitrogens with zero attached hydrogens (tertiary/aromatic N) is 3. The van der Waals surface area contributed by atoms with Crippen molar-refractivity contribution in [3.05, 3.63) is 17.5 Å². The van der Waals surface area contributed by atoms with E-state index >= 15 is 0 Å². The molecular weight excluding hydrogens is 316 g/mol. The van der Waals surface area contributed by atoms with Crippen LogP contribution in [0.1, 0.15) is 37.1 Å². The molecule has 1 aliphatic carbocycles. The molecule has 1 aromatic rings. The van der Waals surface area contributed by atoms with Gasteiger partial charge in [0.1, 0.15) is 5.76 Å². The average molecular weight is 343 g/mol. The van der Waals surface area contributed by atoms with Crippen LogP contribution in [-0.2, 0) is 11.3 Å². The van der Waals surface area contributed by atoms with E-state index in [9.17, 15) is 4.79 Å². The van der Waals surface area contributed by atoms with Crippen LogP contribution in [0.25, 0.3) is 0 Å². The van der Waals surface area contributed by atoms with Crippen LogP contribution in [0.5, 0.6) is 0 Å². The molecule has 1 saturated heterocycles. The number of carbonyl (C=O) groups excluding carboxylic acids is 1. The number of rotatable bonds is 3. The molecule has 2 fully saturated rings. The molecule has 1 amide bonds. The van der Waals surface area contributed by atoms with E-state index in [2.05, 4.69) is 10.1 Å². The molecule has 2 aliphatic rings. The van der Waals surface area contributed by atoms with Crippen LogP contribution in [0.15, 0.2) is 10.6 Å². The molecule has 0 radical (unpaired) electrons. The summed E-state index contributed by atoms with van der Waals surface area (Å²) in [6, 6.07) is 2.18. The molecule has 7 heteroatoms. The van der Waals surface area contributed by atoms with Crippen LogP contribution < -0.4 is 5.73 Å². The summed E-state index contributed by atoms with van der Waals surface area (Å²) in [6.45, 7) is 6.12. The minimum atomic E-state index is 0. The highest BCUT2D eigenvalue weighted by molar-refractivity contribution is 5.85. The van der Waals surface area contributed by atoms with Crippen LogP contribution in [0, 0.1) is 12.8 Å². The highest BCUT2D eigenvalue weighted by Crippen LogP contribution is 2.25. The fourth-order valence-electron chi connectivity index (χ4n) is 3.56. The van der Waals surface area contributed by atoms with E-state index < -0.39 is 0 Å². The third-order valence-corrected chi connectivity index (χ3v) is 4.81. The summed E-state index contributed by atoms with van der Waals surface area (Å²) >= 11 is 0. The van der Waals surface area contributed by atoms with Gasteiger partial charge < -0.3 is 15.2 Å². The quantitative estimate of drug-likeness (QED) is 0.902. The molecule has 1 aromatic heterocycles. The van der Waals surface area contributed by atoms with Gasteiger partial charge in [0, 0.05) is 50.7 Å². The summed E-state index contributed by atoms with van der Waals surface area (Å²) in [7, 11) is 0. The first-order valence-corrected chi connectivity index (χ1v) is 8.31. The van der Waals surface area contributed by atoms with E-state index in [0.29, 0.717) is 5.91 Å². The van der Waals surface area contributed by atoms with Crippen molar-refractivity contribution in [1.82, 2.24) is 15.0 Å². The zero-order chi connectivity index (χ0) is 15.5. The minimum Gasteiger partial charge on any atom is -0.361 e. The van der Waals surface area contributed by atoms with Crippen molar-refractivity contribution < 1.29 is 9.32 Å². The number of carbonyl (C=O) groups is 1. The fraction of sp³-hybridized carbons (Fsp3) is 0.750. The van der Waals surface area contributed by atoms with E-state index in [1.54, 1.807) is 0 Å². The Morgan fingerprint density at radius 1 is 1.35 bits per heavy atom. The van der Waals surface area contributed by atoms with Gasteiger partial charge in [-0.15, -0.1) is 12.4 Å². The van der Waals surface area contributed by atoms with Gasteiger partial charge in [0.15, 0.2) is 0 Å². The van der Waals surface area contributed by atoms with Gasteiger partial charge >= 0.3 is 0 Å². The Balaban J connectivity index is 0.00000192. The predicted molar refractivity (Wildman–Crippen MR) is 90.3 cm³/mol. The number of hydrogen-bond donors (Lipinski definition) is 1. The summed E-state index contributed by atoms with van der Waals surface area (Å²) in [5.41, 5.74) is 6.98. The maximum atomic E-state index is 12.6. The first-order chi connectivity index (χ1) is 10.6. The van der Waals surface area contributed by atoms with Crippen molar-refractivity contribution in [2.75, 3.05) is 26.2 Å². The number of nitrogens with two attached hydrogens (primary N) is 1. The largest absolute Gasteiger partial charge is 0.361 e. The zero-order valence-corrected chi connectivity index (χ0v) is 14.6. The molecule has 6 nitrogen and oxygen atoms in total. The van der Waals surface area contributed by atoms with Gasteiger partial charge in [-0.25, -0.2) is 0 Å². The standard InChI is InChI=1S/C16H26N4O2.ClH/c1-12-9-15(18-22-12)11-19-5-7-20(8-6-19)16(21)13-3-2-4-14(17)10-13;/h9,13-14H,2-8,10-11,17H2,1H3;1H. The topological polar surface area (TPSA) is 75.6 Å². The molecule has 3 rings (SSSR count). The minimum absolute atomic E-state index is 0. The Morgan fingerprint density at radius 2 is 2.09 bits per heavy atom. The van der Waals surface area contributed by atoms with Crippen molar-refractivity contribution in [1.29, 1.82) is 0 Å². The van der Waals surface area contributed by atoms with E-state index in [1.807, 2.05) is 17.9 Å².